The topological polar surface area (TPSA) is 92.4 Å². The van der Waals surface area contributed by atoms with E-state index in [2.05, 4.69) is 10.5 Å². The van der Waals surface area contributed by atoms with Crippen LogP contribution in [0.3, 0.4) is 0 Å². The lowest BCUT2D eigenvalue weighted by atomic mass is 9.93. The molecule has 0 fully saturated rings. The number of nitrogens with one attached hydrogen (secondary N) is 1. The highest BCUT2D eigenvalue weighted by atomic mass is 16.5. The number of aliphatic carboxylic acids is 1. The molecule has 2 rings (SSSR count). The molecule has 2 N–H and O–H groups in total. The number of carbonyl (C=O) groups excluding carboxylic acids is 1. The number of benzene rings is 1. The van der Waals surface area contributed by atoms with E-state index in [0.717, 1.165) is 0 Å². The molecule has 6 nitrogen and oxygen atoms in total. The SMILES string of the molecule is CC(C)(C)c1cc(C(=O)Nc2ccc(CC(=O)O)cc2)no1. The van der Waals surface area contributed by atoms with Gasteiger partial charge in [0.05, 0.1) is 6.42 Å². The summed E-state index contributed by atoms with van der Waals surface area (Å²) in [5, 5.41) is 15.2. The van der Waals surface area contributed by atoms with Gasteiger partial charge in [-0.1, -0.05) is 38.1 Å². The van der Waals surface area contributed by atoms with Crippen LogP contribution in [0, 0.1) is 0 Å². The zero-order chi connectivity index (χ0) is 16.3. The Morgan fingerprint density at radius 1 is 1.23 bits per heavy atom. The maximum absolute atomic E-state index is 12.1. The van der Waals surface area contributed by atoms with Gasteiger partial charge >= 0.3 is 5.97 Å². The van der Waals surface area contributed by atoms with Crippen molar-refractivity contribution in [3.63, 3.8) is 0 Å². The van der Waals surface area contributed by atoms with Crippen LogP contribution in [0.5, 0.6) is 0 Å². The Balaban J connectivity index is 2.05. The molecule has 0 aliphatic rings. The Morgan fingerprint density at radius 3 is 2.36 bits per heavy atom. The molecule has 1 amide bonds. The number of rotatable bonds is 4. The predicted octanol–water partition coefficient (Wildman–Crippen LogP) is 2.85. The Hall–Kier alpha value is -2.63. The van der Waals surface area contributed by atoms with Crippen LogP contribution in [0.2, 0.25) is 0 Å². The summed E-state index contributed by atoms with van der Waals surface area (Å²) in [6, 6.07) is 8.25. The standard InChI is InChI=1S/C16H18N2O4/c1-16(2,3)13-9-12(18-22-13)15(21)17-11-6-4-10(5-7-11)8-14(19)20/h4-7,9H,8H2,1-3H3,(H,17,21)(H,19,20). The fourth-order valence-electron chi connectivity index (χ4n) is 1.81. The molecule has 0 spiro atoms. The van der Waals surface area contributed by atoms with Crippen molar-refractivity contribution in [2.75, 3.05) is 5.32 Å². The normalized spacial score (nSPS) is 11.2. The van der Waals surface area contributed by atoms with Crippen molar-refractivity contribution in [1.82, 2.24) is 5.16 Å². The van der Waals surface area contributed by atoms with Gasteiger partial charge in [-0.25, -0.2) is 0 Å². The zero-order valence-corrected chi connectivity index (χ0v) is 12.7. The van der Waals surface area contributed by atoms with Gasteiger partial charge in [0.25, 0.3) is 5.91 Å². The van der Waals surface area contributed by atoms with E-state index in [4.69, 9.17) is 9.63 Å². The number of hydrogen-bond acceptors (Lipinski definition) is 4. The van der Waals surface area contributed by atoms with Crippen LogP contribution in [0.15, 0.2) is 34.9 Å². The second-order valence-corrected chi connectivity index (χ2v) is 6.05. The van der Waals surface area contributed by atoms with Gasteiger partial charge < -0.3 is 14.9 Å². The van der Waals surface area contributed by atoms with E-state index in [1.54, 1.807) is 30.3 Å². The summed E-state index contributed by atoms with van der Waals surface area (Å²) >= 11 is 0. The molecule has 0 saturated heterocycles. The van der Waals surface area contributed by atoms with Crippen LogP contribution < -0.4 is 5.32 Å². The number of nitrogens with zero attached hydrogens (tertiary/aromatic N) is 1. The van der Waals surface area contributed by atoms with Gasteiger partial charge in [-0.2, -0.15) is 0 Å². The lowest BCUT2D eigenvalue weighted by Gasteiger charge is -2.12. The average Bonchev–Trinajstić information content (AvgIpc) is 2.90. The highest BCUT2D eigenvalue weighted by Crippen LogP contribution is 2.23. The molecule has 0 aliphatic heterocycles. The van der Waals surface area contributed by atoms with E-state index in [0.29, 0.717) is 17.0 Å². The number of carbonyl (C=O) groups is 2. The van der Waals surface area contributed by atoms with Crippen LogP contribution in [0.25, 0.3) is 0 Å². The van der Waals surface area contributed by atoms with Gasteiger partial charge in [-0.05, 0) is 17.7 Å². The van der Waals surface area contributed by atoms with Crippen molar-refractivity contribution in [2.45, 2.75) is 32.6 Å². The van der Waals surface area contributed by atoms with Crippen LogP contribution in [-0.4, -0.2) is 22.1 Å². The molecule has 1 heterocycles. The first-order valence-electron chi connectivity index (χ1n) is 6.85. The monoisotopic (exact) mass is 302 g/mol. The van der Waals surface area contributed by atoms with Gasteiger partial charge in [-0.3, -0.25) is 9.59 Å². The Bertz CT molecular complexity index is 681. The van der Waals surface area contributed by atoms with E-state index in [1.165, 1.54) is 0 Å². The van der Waals surface area contributed by atoms with Gasteiger partial charge in [0.2, 0.25) is 0 Å². The van der Waals surface area contributed by atoms with Crippen molar-refractivity contribution >= 4 is 17.6 Å². The Morgan fingerprint density at radius 2 is 1.86 bits per heavy atom. The largest absolute Gasteiger partial charge is 0.481 e. The molecule has 22 heavy (non-hydrogen) atoms. The third-order valence-electron chi connectivity index (χ3n) is 3.05. The molecule has 0 bridgehead atoms. The van der Waals surface area contributed by atoms with Crippen molar-refractivity contribution < 1.29 is 19.2 Å². The molecular formula is C16H18N2O4. The molecule has 0 aliphatic carbocycles. The molecule has 0 unspecified atom stereocenters. The summed E-state index contributed by atoms with van der Waals surface area (Å²) in [6.07, 6.45) is -0.0492. The van der Waals surface area contributed by atoms with E-state index >= 15 is 0 Å². The summed E-state index contributed by atoms with van der Waals surface area (Å²) in [7, 11) is 0. The lowest BCUT2D eigenvalue weighted by Crippen LogP contribution is -2.13. The fourth-order valence-corrected chi connectivity index (χ4v) is 1.81. The second-order valence-electron chi connectivity index (χ2n) is 6.05. The minimum Gasteiger partial charge on any atom is -0.481 e. The Kier molecular flexibility index (Phi) is 4.30. The molecular weight excluding hydrogens is 284 g/mol. The van der Waals surface area contributed by atoms with Gasteiger partial charge in [0.1, 0.15) is 5.76 Å². The maximum atomic E-state index is 12.1. The fraction of sp³-hybridized carbons (Fsp3) is 0.312. The zero-order valence-electron chi connectivity index (χ0n) is 12.7. The summed E-state index contributed by atoms with van der Waals surface area (Å²) < 4.78 is 5.17. The van der Waals surface area contributed by atoms with Gasteiger partial charge in [0.15, 0.2) is 5.69 Å². The van der Waals surface area contributed by atoms with Crippen LogP contribution >= 0.6 is 0 Å². The molecule has 0 atom stereocenters. The van der Waals surface area contributed by atoms with Crippen molar-refractivity contribution in [1.29, 1.82) is 0 Å². The number of carboxylic acids is 1. The first-order valence-corrected chi connectivity index (χ1v) is 6.85. The first kappa shape index (κ1) is 15.8. The van der Waals surface area contributed by atoms with E-state index in [9.17, 15) is 9.59 Å². The lowest BCUT2D eigenvalue weighted by molar-refractivity contribution is -0.136. The summed E-state index contributed by atoms with van der Waals surface area (Å²) in [6.45, 7) is 5.91. The number of amides is 1. The minimum absolute atomic E-state index is 0.0492. The summed E-state index contributed by atoms with van der Waals surface area (Å²) in [4.78, 5) is 22.7. The van der Waals surface area contributed by atoms with E-state index < -0.39 is 5.97 Å². The number of hydrogen-bond donors (Lipinski definition) is 2. The van der Waals surface area contributed by atoms with Gasteiger partial charge in [0, 0.05) is 17.2 Å². The number of anilines is 1. The second kappa shape index (κ2) is 6.01. The third kappa shape index (κ3) is 3.94. The minimum atomic E-state index is -0.894. The highest BCUT2D eigenvalue weighted by molar-refractivity contribution is 6.02. The Labute approximate surface area is 128 Å². The van der Waals surface area contributed by atoms with E-state index in [-0.39, 0.29) is 23.4 Å². The predicted molar refractivity (Wildman–Crippen MR) is 80.9 cm³/mol. The van der Waals surface area contributed by atoms with Crippen molar-refractivity contribution in [3.05, 3.63) is 47.3 Å². The van der Waals surface area contributed by atoms with Crippen molar-refractivity contribution in [3.8, 4) is 0 Å². The summed E-state index contributed by atoms with van der Waals surface area (Å²) in [5.41, 5.74) is 1.23. The van der Waals surface area contributed by atoms with Crippen LogP contribution in [0.1, 0.15) is 42.6 Å². The molecule has 1 aromatic carbocycles. The molecule has 2 aromatic rings. The average molecular weight is 302 g/mol. The quantitative estimate of drug-likeness (QED) is 0.906. The molecule has 1 aromatic heterocycles. The third-order valence-corrected chi connectivity index (χ3v) is 3.05. The van der Waals surface area contributed by atoms with E-state index in [1.807, 2.05) is 20.8 Å². The maximum Gasteiger partial charge on any atom is 0.307 e. The smallest absolute Gasteiger partial charge is 0.307 e. The molecule has 116 valence electrons. The highest BCUT2D eigenvalue weighted by Gasteiger charge is 2.22. The number of aromatic nitrogens is 1. The number of carboxylic acid groups (broad SMARTS) is 1. The molecule has 6 heteroatoms. The van der Waals surface area contributed by atoms with Crippen LogP contribution in [-0.2, 0) is 16.6 Å². The summed E-state index contributed by atoms with van der Waals surface area (Å²) in [5.74, 6) is -0.631. The van der Waals surface area contributed by atoms with Crippen LogP contribution in [0.4, 0.5) is 5.69 Å². The van der Waals surface area contributed by atoms with Crippen molar-refractivity contribution in [2.24, 2.45) is 0 Å². The molecule has 0 saturated carbocycles. The molecule has 0 radical (unpaired) electrons. The first-order chi connectivity index (χ1) is 10.3. The van der Waals surface area contributed by atoms with Gasteiger partial charge in [-0.15, -0.1) is 0 Å².